The summed E-state index contributed by atoms with van der Waals surface area (Å²) < 4.78 is 0. The standard InChI is InChI=1S/C10H19N5O/c1-10(2,3)8(4-5-11)13-9(16)7-6-12-15-14-7/h6,8H,4-5,11H2,1-3H3,(H,13,16)(H,12,14,15). The average Bonchev–Trinajstić information content (AvgIpc) is 2.68. The molecule has 1 aromatic rings. The Bertz CT molecular complexity index is 327. The third-order valence-corrected chi connectivity index (χ3v) is 2.45. The molecule has 1 rings (SSSR count). The Morgan fingerprint density at radius 2 is 2.31 bits per heavy atom. The fourth-order valence-corrected chi connectivity index (χ4v) is 1.43. The van der Waals surface area contributed by atoms with Crippen molar-refractivity contribution < 1.29 is 4.79 Å². The fraction of sp³-hybridized carbons (Fsp3) is 0.700. The zero-order chi connectivity index (χ0) is 12.2. The van der Waals surface area contributed by atoms with Crippen LogP contribution >= 0.6 is 0 Å². The normalized spacial score (nSPS) is 13.5. The van der Waals surface area contributed by atoms with Crippen molar-refractivity contribution in [3.63, 3.8) is 0 Å². The summed E-state index contributed by atoms with van der Waals surface area (Å²) in [5.74, 6) is -0.220. The molecule has 1 unspecified atom stereocenters. The summed E-state index contributed by atoms with van der Waals surface area (Å²) in [6.07, 6.45) is 2.14. The molecule has 0 aliphatic heterocycles. The first-order chi connectivity index (χ1) is 7.45. The lowest BCUT2D eigenvalue weighted by Gasteiger charge is -2.30. The number of nitrogens with zero attached hydrogens (tertiary/aromatic N) is 2. The van der Waals surface area contributed by atoms with Crippen LogP contribution in [0, 0.1) is 5.41 Å². The zero-order valence-corrected chi connectivity index (χ0v) is 9.95. The maximum Gasteiger partial charge on any atom is 0.273 e. The van der Waals surface area contributed by atoms with Crippen LogP contribution in [-0.4, -0.2) is 33.9 Å². The highest BCUT2D eigenvalue weighted by atomic mass is 16.2. The van der Waals surface area contributed by atoms with E-state index in [2.05, 4.69) is 41.5 Å². The number of carbonyl (C=O) groups is 1. The van der Waals surface area contributed by atoms with Gasteiger partial charge in [0.1, 0.15) is 0 Å². The van der Waals surface area contributed by atoms with Crippen LogP contribution in [-0.2, 0) is 0 Å². The van der Waals surface area contributed by atoms with E-state index < -0.39 is 0 Å². The van der Waals surface area contributed by atoms with Crippen molar-refractivity contribution >= 4 is 5.91 Å². The molecule has 6 nitrogen and oxygen atoms in total. The minimum Gasteiger partial charge on any atom is -0.347 e. The monoisotopic (exact) mass is 225 g/mol. The van der Waals surface area contributed by atoms with Gasteiger partial charge in [-0.25, -0.2) is 0 Å². The molecule has 0 aliphatic rings. The lowest BCUT2D eigenvalue weighted by Crippen LogP contribution is -2.45. The van der Waals surface area contributed by atoms with Gasteiger partial charge in [-0.3, -0.25) is 4.79 Å². The van der Waals surface area contributed by atoms with Gasteiger partial charge in [0.25, 0.3) is 5.91 Å². The largest absolute Gasteiger partial charge is 0.347 e. The van der Waals surface area contributed by atoms with Crippen molar-refractivity contribution in [3.8, 4) is 0 Å². The van der Waals surface area contributed by atoms with Crippen LogP contribution in [0.4, 0.5) is 0 Å². The molecule has 0 radical (unpaired) electrons. The van der Waals surface area contributed by atoms with Crippen LogP contribution in [0.2, 0.25) is 0 Å². The van der Waals surface area contributed by atoms with E-state index in [0.717, 1.165) is 6.42 Å². The lowest BCUT2D eigenvalue weighted by molar-refractivity contribution is 0.0893. The molecule has 0 fully saturated rings. The molecule has 0 aromatic carbocycles. The number of hydrogen-bond donors (Lipinski definition) is 3. The highest BCUT2D eigenvalue weighted by Crippen LogP contribution is 2.21. The molecule has 90 valence electrons. The maximum absolute atomic E-state index is 11.8. The predicted molar refractivity (Wildman–Crippen MR) is 60.8 cm³/mol. The van der Waals surface area contributed by atoms with E-state index in [4.69, 9.17) is 5.73 Å². The highest BCUT2D eigenvalue weighted by molar-refractivity contribution is 5.92. The van der Waals surface area contributed by atoms with Gasteiger partial charge in [0, 0.05) is 6.04 Å². The van der Waals surface area contributed by atoms with Crippen LogP contribution < -0.4 is 11.1 Å². The van der Waals surface area contributed by atoms with Crippen LogP contribution in [0.5, 0.6) is 0 Å². The van der Waals surface area contributed by atoms with Crippen molar-refractivity contribution in [2.24, 2.45) is 11.1 Å². The van der Waals surface area contributed by atoms with Crippen LogP contribution in [0.15, 0.2) is 6.20 Å². The van der Waals surface area contributed by atoms with Crippen molar-refractivity contribution in [1.82, 2.24) is 20.7 Å². The minimum absolute atomic E-state index is 0.0290. The molecule has 0 spiro atoms. The first-order valence-corrected chi connectivity index (χ1v) is 5.32. The van der Waals surface area contributed by atoms with Crippen molar-refractivity contribution in [3.05, 3.63) is 11.9 Å². The van der Waals surface area contributed by atoms with E-state index >= 15 is 0 Å². The summed E-state index contributed by atoms with van der Waals surface area (Å²) in [6, 6.07) is 0.0294. The third-order valence-electron chi connectivity index (χ3n) is 2.45. The van der Waals surface area contributed by atoms with E-state index in [1.807, 2.05) is 0 Å². The first kappa shape index (κ1) is 12.6. The number of nitrogens with two attached hydrogens (primary N) is 1. The highest BCUT2D eigenvalue weighted by Gasteiger charge is 2.26. The van der Waals surface area contributed by atoms with Crippen molar-refractivity contribution in [2.75, 3.05) is 6.54 Å². The molecule has 1 aromatic heterocycles. The zero-order valence-electron chi connectivity index (χ0n) is 9.95. The summed E-state index contributed by atoms with van der Waals surface area (Å²) in [5, 5.41) is 12.7. The van der Waals surface area contributed by atoms with Crippen molar-refractivity contribution in [2.45, 2.75) is 33.2 Å². The van der Waals surface area contributed by atoms with Gasteiger partial charge < -0.3 is 11.1 Å². The minimum atomic E-state index is -0.220. The number of amides is 1. The molecule has 0 saturated heterocycles. The molecule has 16 heavy (non-hydrogen) atoms. The molecular weight excluding hydrogens is 206 g/mol. The molecule has 0 saturated carbocycles. The number of carbonyl (C=O) groups excluding carboxylic acids is 1. The summed E-state index contributed by atoms with van der Waals surface area (Å²) in [5.41, 5.74) is 5.80. The molecular formula is C10H19N5O. The molecule has 6 heteroatoms. The summed E-state index contributed by atoms with van der Waals surface area (Å²) in [4.78, 5) is 11.8. The quantitative estimate of drug-likeness (QED) is 0.686. The van der Waals surface area contributed by atoms with E-state index in [1.165, 1.54) is 6.20 Å². The average molecular weight is 225 g/mol. The Labute approximate surface area is 95.0 Å². The van der Waals surface area contributed by atoms with Gasteiger partial charge in [0.15, 0.2) is 5.69 Å². The molecule has 1 amide bonds. The summed E-state index contributed by atoms with van der Waals surface area (Å²) >= 11 is 0. The Morgan fingerprint density at radius 1 is 1.62 bits per heavy atom. The van der Waals surface area contributed by atoms with Crippen LogP contribution in [0.25, 0.3) is 0 Å². The molecule has 4 N–H and O–H groups in total. The van der Waals surface area contributed by atoms with Crippen molar-refractivity contribution in [1.29, 1.82) is 0 Å². The number of hydrogen-bond acceptors (Lipinski definition) is 4. The lowest BCUT2D eigenvalue weighted by atomic mass is 9.84. The molecule has 1 atom stereocenters. The van der Waals surface area contributed by atoms with Gasteiger partial charge in [0.2, 0.25) is 0 Å². The maximum atomic E-state index is 11.8. The molecule has 0 aliphatic carbocycles. The predicted octanol–water partition coefficient (Wildman–Crippen LogP) is 0.298. The van der Waals surface area contributed by atoms with E-state index in [0.29, 0.717) is 12.2 Å². The number of H-pyrrole nitrogens is 1. The van der Waals surface area contributed by atoms with Gasteiger partial charge in [-0.05, 0) is 18.4 Å². The first-order valence-electron chi connectivity index (χ1n) is 5.32. The SMILES string of the molecule is CC(C)(C)C(CCN)NC(=O)c1cn[nH]n1. The van der Waals surface area contributed by atoms with Gasteiger partial charge in [0.05, 0.1) is 6.20 Å². The van der Waals surface area contributed by atoms with E-state index in [9.17, 15) is 4.79 Å². The second-order valence-electron chi connectivity index (χ2n) is 4.82. The van der Waals surface area contributed by atoms with Gasteiger partial charge >= 0.3 is 0 Å². The Hall–Kier alpha value is -1.43. The van der Waals surface area contributed by atoms with Gasteiger partial charge in [-0.2, -0.15) is 15.4 Å². The number of aromatic nitrogens is 3. The van der Waals surface area contributed by atoms with E-state index in [1.54, 1.807) is 0 Å². The Kier molecular flexibility index (Phi) is 4.00. The number of aromatic amines is 1. The Balaban J connectivity index is 2.66. The fourth-order valence-electron chi connectivity index (χ4n) is 1.43. The smallest absolute Gasteiger partial charge is 0.273 e. The second-order valence-corrected chi connectivity index (χ2v) is 4.82. The van der Waals surface area contributed by atoms with Gasteiger partial charge in [-0.15, -0.1) is 0 Å². The third kappa shape index (κ3) is 3.30. The number of nitrogens with one attached hydrogen (secondary N) is 2. The summed E-state index contributed by atoms with van der Waals surface area (Å²) in [7, 11) is 0. The summed E-state index contributed by atoms with van der Waals surface area (Å²) in [6.45, 7) is 6.74. The molecule has 1 heterocycles. The molecule has 0 bridgehead atoms. The topological polar surface area (TPSA) is 96.7 Å². The second kappa shape index (κ2) is 5.07. The van der Waals surface area contributed by atoms with E-state index in [-0.39, 0.29) is 17.4 Å². The van der Waals surface area contributed by atoms with Crippen LogP contribution in [0.3, 0.4) is 0 Å². The van der Waals surface area contributed by atoms with Gasteiger partial charge in [-0.1, -0.05) is 20.8 Å². The van der Waals surface area contributed by atoms with Crippen LogP contribution in [0.1, 0.15) is 37.7 Å². The Morgan fingerprint density at radius 3 is 2.75 bits per heavy atom. The number of rotatable bonds is 4.